The van der Waals surface area contributed by atoms with Crippen LogP contribution in [-0.2, 0) is 33.9 Å². The number of halogens is 2. The van der Waals surface area contributed by atoms with Crippen molar-refractivity contribution in [1.29, 1.82) is 0 Å². The first kappa shape index (κ1) is 23.9. The van der Waals surface area contributed by atoms with Crippen LogP contribution in [0.25, 0.3) is 54.6 Å². The SMILES string of the molecule is Fc1ccc2c(c1)c1ccc[c-]c1c1nc(CCc3cn4c5ccc(F)cc5c5ccc[c-]c5c4n3)cn21.[Pt+2]. The molecule has 7 heteroatoms. The first-order valence-corrected chi connectivity index (χ1v) is 12.4. The number of aromatic nitrogens is 4. The number of pyridine rings is 2. The topological polar surface area (TPSA) is 34.6 Å². The van der Waals surface area contributed by atoms with Crippen LogP contribution < -0.4 is 0 Å². The Morgan fingerprint density at radius 1 is 0.615 bits per heavy atom. The van der Waals surface area contributed by atoms with Crippen molar-refractivity contribution in [3.05, 3.63) is 120 Å². The molecule has 0 N–H and O–H groups in total. The second-order valence-corrected chi connectivity index (χ2v) is 9.59. The van der Waals surface area contributed by atoms with Crippen molar-refractivity contribution in [2.45, 2.75) is 12.8 Å². The molecule has 0 amide bonds. The van der Waals surface area contributed by atoms with Gasteiger partial charge in [0, 0.05) is 34.8 Å². The molecule has 0 aliphatic heterocycles. The van der Waals surface area contributed by atoms with Crippen LogP contribution >= 0.6 is 0 Å². The molecule has 0 saturated carbocycles. The van der Waals surface area contributed by atoms with Crippen LogP contribution in [0.15, 0.2) is 85.2 Å². The van der Waals surface area contributed by atoms with E-state index in [0.717, 1.165) is 66.0 Å². The fourth-order valence-corrected chi connectivity index (χ4v) is 5.64. The predicted octanol–water partition coefficient (Wildman–Crippen LogP) is 7.26. The first-order chi connectivity index (χ1) is 18.6. The molecule has 39 heavy (non-hydrogen) atoms. The number of rotatable bonds is 3. The van der Waals surface area contributed by atoms with E-state index in [1.54, 1.807) is 24.3 Å². The minimum absolute atomic E-state index is 0. The third-order valence-electron chi connectivity index (χ3n) is 7.32. The van der Waals surface area contributed by atoms with Gasteiger partial charge in [-0.1, -0.05) is 10.8 Å². The molecule has 0 aliphatic rings. The zero-order valence-corrected chi connectivity index (χ0v) is 22.6. The Kier molecular flexibility index (Phi) is 5.50. The van der Waals surface area contributed by atoms with Crippen molar-refractivity contribution >= 4 is 54.6 Å². The molecule has 4 aromatic heterocycles. The van der Waals surface area contributed by atoms with Gasteiger partial charge in [-0.2, -0.15) is 0 Å². The summed E-state index contributed by atoms with van der Waals surface area (Å²) in [5.74, 6) is -0.538. The van der Waals surface area contributed by atoms with Gasteiger partial charge in [-0.25, -0.2) is 8.78 Å². The fourth-order valence-electron chi connectivity index (χ4n) is 5.64. The van der Waals surface area contributed by atoms with Crippen molar-refractivity contribution in [1.82, 2.24) is 18.8 Å². The third-order valence-corrected chi connectivity index (χ3v) is 7.32. The first-order valence-electron chi connectivity index (χ1n) is 12.4. The standard InChI is InChI=1S/C32H18F2N4.Pt/c33-19-9-13-29-27(15-19)23-5-1-3-7-25(23)31-35-21(17-37(29)31)11-12-22-18-38-30-14-10-20(34)16-28(30)24-6-2-4-8-26(24)32(38)36-22;/h1-6,9-10,13-18H,11-12H2;/q-2;+2. The number of hydrogen-bond donors (Lipinski definition) is 0. The van der Waals surface area contributed by atoms with E-state index in [9.17, 15) is 8.78 Å². The third kappa shape index (κ3) is 3.66. The maximum absolute atomic E-state index is 14.1. The minimum atomic E-state index is -0.269. The summed E-state index contributed by atoms with van der Waals surface area (Å²) in [5, 5.41) is 5.26. The second-order valence-electron chi connectivity index (χ2n) is 9.59. The molecule has 8 rings (SSSR count). The van der Waals surface area contributed by atoms with Crippen molar-refractivity contribution in [2.75, 3.05) is 0 Å². The van der Waals surface area contributed by atoms with Crippen LogP contribution in [0.1, 0.15) is 11.4 Å². The quantitative estimate of drug-likeness (QED) is 0.145. The van der Waals surface area contributed by atoms with E-state index in [0.29, 0.717) is 12.8 Å². The summed E-state index contributed by atoms with van der Waals surface area (Å²) in [4.78, 5) is 9.90. The Bertz CT molecular complexity index is 2070. The molecule has 4 nitrogen and oxygen atoms in total. The van der Waals surface area contributed by atoms with Gasteiger partial charge in [-0.05, 0) is 60.0 Å². The number of benzene rings is 4. The van der Waals surface area contributed by atoms with Gasteiger partial charge >= 0.3 is 21.1 Å². The van der Waals surface area contributed by atoms with Gasteiger partial charge in [0.2, 0.25) is 0 Å². The molecule has 0 unspecified atom stereocenters. The van der Waals surface area contributed by atoms with Gasteiger partial charge < -0.3 is 8.80 Å². The minimum Gasteiger partial charge on any atom is -0.340 e. The molecule has 4 aromatic carbocycles. The zero-order chi connectivity index (χ0) is 25.4. The van der Waals surface area contributed by atoms with Gasteiger partial charge in [0.15, 0.2) is 0 Å². The smallest absolute Gasteiger partial charge is 0.340 e. The van der Waals surface area contributed by atoms with Crippen molar-refractivity contribution in [3.63, 3.8) is 0 Å². The molecule has 190 valence electrons. The molecule has 8 aromatic rings. The molecular weight excluding hydrogens is 673 g/mol. The molecular formula is C32H18F2N4Pt. The maximum Gasteiger partial charge on any atom is 2.00 e. The molecule has 0 bridgehead atoms. The Labute approximate surface area is 235 Å². The van der Waals surface area contributed by atoms with E-state index in [-0.39, 0.29) is 32.7 Å². The predicted molar refractivity (Wildman–Crippen MR) is 145 cm³/mol. The molecule has 0 spiro atoms. The summed E-state index contributed by atoms with van der Waals surface area (Å²) in [6.45, 7) is 0. The van der Waals surface area contributed by atoms with Gasteiger partial charge in [-0.15, -0.1) is 59.3 Å². The van der Waals surface area contributed by atoms with Gasteiger partial charge in [0.25, 0.3) is 0 Å². The number of hydrogen-bond acceptors (Lipinski definition) is 2. The largest absolute Gasteiger partial charge is 2.00 e. The Balaban J connectivity index is 0.00000253. The van der Waals surface area contributed by atoms with Gasteiger partial charge in [0.05, 0.1) is 11.3 Å². The van der Waals surface area contributed by atoms with Crippen LogP contribution in [0.3, 0.4) is 0 Å². The summed E-state index contributed by atoms with van der Waals surface area (Å²) >= 11 is 0. The van der Waals surface area contributed by atoms with Crippen LogP contribution in [0.4, 0.5) is 8.78 Å². The number of imidazole rings is 2. The van der Waals surface area contributed by atoms with Crippen molar-refractivity contribution in [3.8, 4) is 0 Å². The van der Waals surface area contributed by atoms with E-state index < -0.39 is 0 Å². The average molecular weight is 692 g/mol. The Hall–Kier alpha value is -4.15. The van der Waals surface area contributed by atoms with E-state index in [1.807, 2.05) is 57.6 Å². The second kappa shape index (κ2) is 8.96. The van der Waals surface area contributed by atoms with E-state index in [2.05, 4.69) is 12.1 Å². The van der Waals surface area contributed by atoms with Crippen molar-refractivity contribution in [2.24, 2.45) is 0 Å². The molecule has 0 fully saturated rings. The molecule has 0 radical (unpaired) electrons. The van der Waals surface area contributed by atoms with Crippen LogP contribution in [0.5, 0.6) is 0 Å². The fraction of sp³-hybridized carbons (Fsp3) is 0.0625. The van der Waals surface area contributed by atoms with Gasteiger partial charge in [-0.3, -0.25) is 9.97 Å². The Morgan fingerprint density at radius 2 is 1.08 bits per heavy atom. The maximum atomic E-state index is 14.1. The average Bonchev–Trinajstić information content (AvgIpc) is 3.57. The molecule has 4 heterocycles. The monoisotopic (exact) mass is 691 g/mol. The molecule has 0 atom stereocenters. The van der Waals surface area contributed by atoms with E-state index >= 15 is 0 Å². The van der Waals surface area contributed by atoms with E-state index in [1.165, 1.54) is 12.1 Å². The normalized spacial score (nSPS) is 11.8. The summed E-state index contributed by atoms with van der Waals surface area (Å²) in [5.41, 5.74) is 5.25. The number of fused-ring (bicyclic) bond motifs is 12. The summed E-state index contributed by atoms with van der Waals surface area (Å²) in [6, 6.07) is 27.8. The summed E-state index contributed by atoms with van der Waals surface area (Å²) in [6.07, 6.45) is 5.40. The van der Waals surface area contributed by atoms with E-state index in [4.69, 9.17) is 9.97 Å². The van der Waals surface area contributed by atoms with Gasteiger partial charge in [0.1, 0.15) is 11.6 Å². The van der Waals surface area contributed by atoms with Crippen LogP contribution in [0.2, 0.25) is 0 Å². The molecule has 0 saturated heterocycles. The van der Waals surface area contributed by atoms with Crippen LogP contribution in [0, 0.1) is 23.8 Å². The zero-order valence-electron chi connectivity index (χ0n) is 20.4. The Morgan fingerprint density at radius 3 is 1.54 bits per heavy atom. The van der Waals surface area contributed by atoms with Crippen molar-refractivity contribution < 1.29 is 29.8 Å². The number of nitrogens with zero attached hydrogens (tertiary/aromatic N) is 4. The summed E-state index contributed by atoms with van der Waals surface area (Å²) < 4.78 is 32.3. The molecule has 0 aliphatic carbocycles. The summed E-state index contributed by atoms with van der Waals surface area (Å²) in [7, 11) is 0. The van der Waals surface area contributed by atoms with Crippen LogP contribution in [-0.4, -0.2) is 18.8 Å². The number of aryl methyl sites for hydroxylation is 2.